The van der Waals surface area contributed by atoms with Gasteiger partial charge in [-0.15, -0.1) is 0 Å². The van der Waals surface area contributed by atoms with Crippen LogP contribution in [0.2, 0.25) is 0 Å². The number of benzene rings is 2. The standard InChI is InChI=1S/C24H26O3/c1-5-21(24(25)26-4)16-23(18(2)22-14-10-7-11-15-22)19(3)27-17-20-12-8-6-9-13-20/h5-16,18H,1,17H2,2-4H3/b21-16+,23-19-/t18-/m1/s1. The summed E-state index contributed by atoms with van der Waals surface area (Å²) < 4.78 is 10.9. The monoisotopic (exact) mass is 362 g/mol. The highest BCUT2D eigenvalue weighted by Crippen LogP contribution is 2.29. The van der Waals surface area contributed by atoms with Gasteiger partial charge in [0.05, 0.1) is 18.4 Å². The lowest BCUT2D eigenvalue weighted by Gasteiger charge is -2.18. The molecule has 140 valence electrons. The Morgan fingerprint density at radius 2 is 1.67 bits per heavy atom. The van der Waals surface area contributed by atoms with Crippen LogP contribution in [0.1, 0.15) is 30.9 Å². The number of carbonyl (C=O) groups excluding carboxylic acids is 1. The minimum absolute atomic E-state index is 0.0431. The SMILES string of the molecule is C=C/C(=C\C(=C(/C)OCc1ccccc1)[C@H](C)c1ccccc1)C(=O)OC. The van der Waals surface area contributed by atoms with Gasteiger partial charge in [-0.1, -0.05) is 80.2 Å². The Kier molecular flexibility index (Phi) is 7.63. The molecule has 0 saturated heterocycles. The van der Waals surface area contributed by atoms with Crippen LogP contribution in [-0.4, -0.2) is 13.1 Å². The molecule has 0 N–H and O–H groups in total. The topological polar surface area (TPSA) is 35.5 Å². The summed E-state index contributed by atoms with van der Waals surface area (Å²) in [5.74, 6) is 0.388. The molecule has 0 spiro atoms. The third-order valence-electron chi connectivity index (χ3n) is 4.42. The molecular formula is C24H26O3. The third-order valence-corrected chi connectivity index (χ3v) is 4.42. The van der Waals surface area contributed by atoms with Crippen LogP contribution in [0.5, 0.6) is 0 Å². The zero-order chi connectivity index (χ0) is 19.6. The Morgan fingerprint density at radius 1 is 1.07 bits per heavy atom. The first-order chi connectivity index (χ1) is 13.1. The second-order valence-corrected chi connectivity index (χ2v) is 6.21. The van der Waals surface area contributed by atoms with Gasteiger partial charge in [-0.25, -0.2) is 4.79 Å². The molecule has 1 atom stereocenters. The van der Waals surface area contributed by atoms with Gasteiger partial charge in [0.15, 0.2) is 0 Å². The summed E-state index contributed by atoms with van der Waals surface area (Å²) in [6.45, 7) is 8.22. The van der Waals surface area contributed by atoms with Crippen LogP contribution in [0.4, 0.5) is 0 Å². The Morgan fingerprint density at radius 3 is 2.22 bits per heavy atom. The van der Waals surface area contributed by atoms with Crippen LogP contribution in [0.25, 0.3) is 0 Å². The molecule has 2 rings (SSSR count). The van der Waals surface area contributed by atoms with E-state index in [4.69, 9.17) is 9.47 Å². The quantitative estimate of drug-likeness (QED) is 0.267. The van der Waals surface area contributed by atoms with E-state index in [1.165, 1.54) is 13.2 Å². The van der Waals surface area contributed by atoms with Crippen LogP contribution in [0.15, 0.2) is 96.3 Å². The number of allylic oxidation sites excluding steroid dienone is 3. The molecule has 0 saturated carbocycles. The molecule has 0 radical (unpaired) electrons. The van der Waals surface area contributed by atoms with Crippen molar-refractivity contribution >= 4 is 5.97 Å². The van der Waals surface area contributed by atoms with Crippen molar-refractivity contribution in [2.75, 3.05) is 7.11 Å². The van der Waals surface area contributed by atoms with Crippen molar-refractivity contribution in [3.63, 3.8) is 0 Å². The normalized spacial score (nSPS) is 13.4. The molecule has 0 aliphatic rings. The maximum atomic E-state index is 12.0. The maximum Gasteiger partial charge on any atom is 0.337 e. The van der Waals surface area contributed by atoms with Gasteiger partial charge in [-0.2, -0.15) is 0 Å². The van der Waals surface area contributed by atoms with E-state index in [0.29, 0.717) is 12.2 Å². The van der Waals surface area contributed by atoms with E-state index < -0.39 is 5.97 Å². The Labute approximate surface area is 161 Å². The molecule has 0 heterocycles. The van der Waals surface area contributed by atoms with Gasteiger partial charge < -0.3 is 9.47 Å². The van der Waals surface area contributed by atoms with Gasteiger partial charge in [0, 0.05) is 5.92 Å². The van der Waals surface area contributed by atoms with Crippen molar-refractivity contribution in [3.8, 4) is 0 Å². The van der Waals surface area contributed by atoms with E-state index in [9.17, 15) is 4.79 Å². The number of rotatable bonds is 8. The van der Waals surface area contributed by atoms with E-state index >= 15 is 0 Å². The fourth-order valence-corrected chi connectivity index (χ4v) is 2.79. The van der Waals surface area contributed by atoms with E-state index in [2.05, 4.69) is 25.6 Å². The first-order valence-corrected chi connectivity index (χ1v) is 8.91. The van der Waals surface area contributed by atoms with Crippen LogP contribution in [-0.2, 0) is 20.9 Å². The van der Waals surface area contributed by atoms with Crippen LogP contribution in [0.3, 0.4) is 0 Å². The highest BCUT2D eigenvalue weighted by Gasteiger charge is 2.16. The molecule has 0 fully saturated rings. The maximum absolute atomic E-state index is 12.0. The molecule has 27 heavy (non-hydrogen) atoms. The van der Waals surface area contributed by atoms with Crippen molar-refractivity contribution in [2.45, 2.75) is 26.4 Å². The smallest absolute Gasteiger partial charge is 0.337 e. The summed E-state index contributed by atoms with van der Waals surface area (Å²) in [7, 11) is 1.36. The molecule has 0 aromatic heterocycles. The average molecular weight is 362 g/mol. The van der Waals surface area contributed by atoms with E-state index in [-0.39, 0.29) is 5.92 Å². The highest BCUT2D eigenvalue weighted by atomic mass is 16.5. The third kappa shape index (κ3) is 5.71. The first-order valence-electron chi connectivity index (χ1n) is 8.91. The molecule has 0 unspecified atom stereocenters. The van der Waals surface area contributed by atoms with E-state index in [1.54, 1.807) is 6.08 Å². The Hall–Kier alpha value is -3.07. The summed E-state index contributed by atoms with van der Waals surface area (Å²) in [5.41, 5.74) is 3.54. The lowest BCUT2D eigenvalue weighted by Crippen LogP contribution is -2.07. The Balaban J connectivity index is 2.39. The largest absolute Gasteiger partial charge is 0.493 e. The van der Waals surface area contributed by atoms with Crippen molar-refractivity contribution in [2.24, 2.45) is 0 Å². The molecule has 3 nitrogen and oxygen atoms in total. The van der Waals surface area contributed by atoms with Crippen LogP contribution >= 0.6 is 0 Å². The molecule has 2 aromatic rings. The Bertz CT molecular complexity index is 817. The zero-order valence-electron chi connectivity index (χ0n) is 16.1. The zero-order valence-corrected chi connectivity index (χ0v) is 16.1. The molecule has 2 aromatic carbocycles. The second-order valence-electron chi connectivity index (χ2n) is 6.21. The van der Waals surface area contributed by atoms with Crippen molar-refractivity contribution in [3.05, 3.63) is 107 Å². The van der Waals surface area contributed by atoms with E-state index in [0.717, 1.165) is 22.5 Å². The minimum atomic E-state index is -0.418. The van der Waals surface area contributed by atoms with Gasteiger partial charge >= 0.3 is 5.97 Å². The fourth-order valence-electron chi connectivity index (χ4n) is 2.79. The number of hydrogen-bond acceptors (Lipinski definition) is 3. The number of hydrogen-bond donors (Lipinski definition) is 0. The molecule has 3 heteroatoms. The molecule has 0 bridgehead atoms. The summed E-state index contributed by atoms with van der Waals surface area (Å²) in [5, 5.41) is 0. The van der Waals surface area contributed by atoms with Crippen LogP contribution in [0, 0.1) is 0 Å². The van der Waals surface area contributed by atoms with Gasteiger partial charge in [0.1, 0.15) is 6.61 Å². The lowest BCUT2D eigenvalue weighted by molar-refractivity contribution is -0.135. The molecule has 0 aliphatic carbocycles. The number of methoxy groups -OCH3 is 1. The average Bonchev–Trinajstić information content (AvgIpc) is 2.73. The number of ether oxygens (including phenoxy) is 2. The fraction of sp³-hybridized carbons (Fsp3) is 0.208. The molecule has 0 amide bonds. The van der Waals surface area contributed by atoms with Gasteiger partial charge in [0.2, 0.25) is 0 Å². The molecule has 0 aliphatic heterocycles. The number of carbonyl (C=O) groups is 1. The predicted molar refractivity (Wildman–Crippen MR) is 109 cm³/mol. The lowest BCUT2D eigenvalue weighted by atomic mass is 9.90. The molecular weight excluding hydrogens is 336 g/mol. The summed E-state index contributed by atoms with van der Waals surface area (Å²) in [6.07, 6.45) is 3.31. The van der Waals surface area contributed by atoms with Gasteiger partial charge in [-0.3, -0.25) is 0 Å². The number of esters is 1. The van der Waals surface area contributed by atoms with Crippen molar-refractivity contribution in [1.82, 2.24) is 0 Å². The van der Waals surface area contributed by atoms with Gasteiger partial charge in [-0.05, 0) is 29.7 Å². The van der Waals surface area contributed by atoms with Crippen molar-refractivity contribution < 1.29 is 14.3 Å². The summed E-state index contributed by atoms with van der Waals surface area (Å²) >= 11 is 0. The van der Waals surface area contributed by atoms with Crippen molar-refractivity contribution in [1.29, 1.82) is 0 Å². The van der Waals surface area contributed by atoms with Crippen LogP contribution < -0.4 is 0 Å². The highest BCUT2D eigenvalue weighted by molar-refractivity contribution is 5.92. The first kappa shape index (κ1) is 20.2. The van der Waals surface area contributed by atoms with E-state index in [1.807, 2.05) is 55.5 Å². The van der Waals surface area contributed by atoms with Gasteiger partial charge in [0.25, 0.3) is 0 Å². The summed E-state index contributed by atoms with van der Waals surface area (Å²) in [4.78, 5) is 12.0. The second kappa shape index (κ2) is 10.2. The minimum Gasteiger partial charge on any atom is -0.493 e. The summed E-state index contributed by atoms with van der Waals surface area (Å²) in [6, 6.07) is 20.1. The predicted octanol–water partition coefficient (Wildman–Crippen LogP) is 5.57.